The average Bonchev–Trinajstić information content (AvgIpc) is 3.19. The number of carbonyl (C=O) groups excluding carboxylic acids is 2. The van der Waals surface area contributed by atoms with Crippen LogP contribution in [0.25, 0.3) is 0 Å². The van der Waals surface area contributed by atoms with E-state index in [1.54, 1.807) is 30.1 Å². The molecule has 0 aromatic heterocycles. The summed E-state index contributed by atoms with van der Waals surface area (Å²) in [7, 11) is 0. The zero-order valence-electron chi connectivity index (χ0n) is 19.0. The van der Waals surface area contributed by atoms with Crippen molar-refractivity contribution >= 4 is 29.8 Å². The highest BCUT2D eigenvalue weighted by molar-refractivity contribution is 8.00. The molecule has 4 rings (SSSR count). The summed E-state index contributed by atoms with van der Waals surface area (Å²) in [6, 6.07) is 21.4. The van der Waals surface area contributed by atoms with Crippen molar-refractivity contribution in [2.75, 3.05) is 5.75 Å². The van der Waals surface area contributed by atoms with Gasteiger partial charge >= 0.3 is 0 Å². The number of rotatable bonds is 6. The minimum absolute atomic E-state index is 0.0550. The summed E-state index contributed by atoms with van der Waals surface area (Å²) in [4.78, 5) is 26.9. The van der Waals surface area contributed by atoms with Gasteiger partial charge < -0.3 is 4.90 Å². The lowest BCUT2D eigenvalue weighted by Crippen LogP contribution is -2.27. The fourth-order valence-corrected chi connectivity index (χ4v) is 5.01. The van der Waals surface area contributed by atoms with Gasteiger partial charge in [0.15, 0.2) is 0 Å². The summed E-state index contributed by atoms with van der Waals surface area (Å²) >= 11 is 1.61. The van der Waals surface area contributed by atoms with Crippen molar-refractivity contribution in [2.24, 2.45) is 5.10 Å². The quantitative estimate of drug-likeness (QED) is 0.411. The van der Waals surface area contributed by atoms with Crippen LogP contribution in [0, 0.1) is 20.8 Å². The Balaban J connectivity index is 1.41. The molecule has 1 fully saturated rings. The molecule has 5 nitrogen and oxygen atoms in total. The molecule has 0 unspecified atom stereocenters. The Morgan fingerprint density at radius 1 is 1.03 bits per heavy atom. The first-order valence-corrected chi connectivity index (χ1v) is 11.9. The van der Waals surface area contributed by atoms with Gasteiger partial charge in [-0.2, -0.15) is 5.10 Å². The van der Waals surface area contributed by atoms with Crippen LogP contribution in [-0.4, -0.2) is 28.7 Å². The van der Waals surface area contributed by atoms with Gasteiger partial charge in [-0.1, -0.05) is 54.6 Å². The fourth-order valence-electron chi connectivity index (χ4n) is 3.82. The number of amides is 2. The largest absolute Gasteiger partial charge is 0.322 e. The van der Waals surface area contributed by atoms with Gasteiger partial charge in [-0.25, -0.2) is 5.43 Å². The Labute approximate surface area is 198 Å². The Bertz CT molecular complexity index is 1190. The lowest BCUT2D eigenvalue weighted by molar-refractivity contribution is -0.128. The average molecular weight is 458 g/mol. The third kappa shape index (κ3) is 5.17. The van der Waals surface area contributed by atoms with Gasteiger partial charge in [0.1, 0.15) is 5.37 Å². The van der Waals surface area contributed by atoms with Crippen molar-refractivity contribution in [3.8, 4) is 0 Å². The van der Waals surface area contributed by atoms with Gasteiger partial charge in [-0.05, 0) is 66.3 Å². The first kappa shape index (κ1) is 22.8. The van der Waals surface area contributed by atoms with E-state index in [-0.39, 0.29) is 17.2 Å². The van der Waals surface area contributed by atoms with E-state index >= 15 is 0 Å². The van der Waals surface area contributed by atoms with Crippen LogP contribution in [0.4, 0.5) is 0 Å². The van der Waals surface area contributed by atoms with E-state index in [1.807, 2.05) is 53.4 Å². The van der Waals surface area contributed by atoms with Crippen molar-refractivity contribution in [1.82, 2.24) is 10.3 Å². The molecule has 1 heterocycles. The maximum Gasteiger partial charge on any atom is 0.271 e. The van der Waals surface area contributed by atoms with Crippen molar-refractivity contribution in [3.63, 3.8) is 0 Å². The molecule has 1 atom stereocenters. The van der Waals surface area contributed by atoms with Crippen molar-refractivity contribution in [2.45, 2.75) is 32.7 Å². The molecular weight excluding hydrogens is 430 g/mol. The third-order valence-corrected chi connectivity index (χ3v) is 7.35. The molecule has 0 spiro atoms. The molecule has 1 aliphatic rings. The molecule has 3 aromatic carbocycles. The van der Waals surface area contributed by atoms with E-state index in [2.05, 4.69) is 37.4 Å². The van der Waals surface area contributed by atoms with Crippen molar-refractivity contribution in [3.05, 3.63) is 106 Å². The number of carbonyl (C=O) groups is 2. The molecule has 33 heavy (non-hydrogen) atoms. The number of hydrazone groups is 1. The second-order valence-corrected chi connectivity index (χ2v) is 9.28. The van der Waals surface area contributed by atoms with Crippen LogP contribution in [0.3, 0.4) is 0 Å². The molecule has 0 radical (unpaired) electrons. The van der Waals surface area contributed by atoms with Gasteiger partial charge in [0.05, 0.1) is 12.0 Å². The van der Waals surface area contributed by atoms with E-state index in [9.17, 15) is 9.59 Å². The number of benzene rings is 3. The fraction of sp³-hybridized carbons (Fsp3) is 0.222. The van der Waals surface area contributed by atoms with Crippen LogP contribution in [0.1, 0.15) is 49.1 Å². The molecule has 3 aromatic rings. The van der Waals surface area contributed by atoms with Crippen LogP contribution < -0.4 is 5.43 Å². The van der Waals surface area contributed by atoms with Crippen LogP contribution >= 0.6 is 11.8 Å². The molecule has 0 saturated carbocycles. The smallest absolute Gasteiger partial charge is 0.271 e. The number of nitrogens with zero attached hydrogens (tertiary/aromatic N) is 2. The van der Waals surface area contributed by atoms with Gasteiger partial charge in [0, 0.05) is 12.1 Å². The molecule has 6 heteroatoms. The zero-order chi connectivity index (χ0) is 23.4. The predicted molar refractivity (Wildman–Crippen MR) is 134 cm³/mol. The minimum atomic E-state index is -0.268. The summed E-state index contributed by atoms with van der Waals surface area (Å²) in [5, 5.41) is 4.08. The van der Waals surface area contributed by atoms with E-state index in [1.165, 1.54) is 11.1 Å². The molecule has 168 valence electrons. The summed E-state index contributed by atoms with van der Waals surface area (Å²) in [5.74, 6) is 0.328. The van der Waals surface area contributed by atoms with E-state index in [0.29, 0.717) is 17.9 Å². The molecule has 1 saturated heterocycles. The highest BCUT2D eigenvalue weighted by atomic mass is 32.2. The molecule has 1 N–H and O–H groups in total. The van der Waals surface area contributed by atoms with Crippen LogP contribution in [0.2, 0.25) is 0 Å². The van der Waals surface area contributed by atoms with Gasteiger partial charge in [-0.3, -0.25) is 9.59 Å². The van der Waals surface area contributed by atoms with E-state index in [0.717, 1.165) is 22.3 Å². The van der Waals surface area contributed by atoms with Gasteiger partial charge in [0.2, 0.25) is 5.91 Å². The van der Waals surface area contributed by atoms with E-state index < -0.39 is 0 Å². The van der Waals surface area contributed by atoms with Crippen LogP contribution in [0.15, 0.2) is 71.8 Å². The van der Waals surface area contributed by atoms with Gasteiger partial charge in [0.25, 0.3) is 5.91 Å². The topological polar surface area (TPSA) is 61.8 Å². The Kier molecular flexibility index (Phi) is 6.94. The number of hydrogen-bond acceptors (Lipinski definition) is 4. The molecular formula is C27H27N3O2S. The lowest BCUT2D eigenvalue weighted by atomic mass is 10.00. The number of aryl methyl sites for hydroxylation is 1. The number of thioether (sulfide) groups is 1. The Morgan fingerprint density at radius 3 is 2.48 bits per heavy atom. The lowest BCUT2D eigenvalue weighted by Gasteiger charge is -2.24. The molecule has 2 amide bonds. The minimum Gasteiger partial charge on any atom is -0.322 e. The van der Waals surface area contributed by atoms with Crippen molar-refractivity contribution in [1.29, 1.82) is 0 Å². The second kappa shape index (κ2) is 10.0. The molecule has 0 aliphatic carbocycles. The van der Waals surface area contributed by atoms with Crippen LogP contribution in [-0.2, 0) is 11.3 Å². The number of nitrogens with one attached hydrogen (secondary N) is 1. The standard InChI is InChI=1S/C27H27N3O2S/c1-18-9-10-24(20(3)19(18)2)15-28-29-26(32)22-11-13-23(14-12-22)27-30(25(31)17-33-27)16-21-7-5-4-6-8-21/h4-15,27H,16-17H2,1-3H3,(H,29,32)/b28-15-/t27-/m0/s1. The predicted octanol–water partition coefficient (Wildman–Crippen LogP) is 5.15. The molecule has 0 bridgehead atoms. The van der Waals surface area contributed by atoms with Crippen LogP contribution in [0.5, 0.6) is 0 Å². The normalized spacial score (nSPS) is 15.9. The summed E-state index contributed by atoms with van der Waals surface area (Å²) in [6.07, 6.45) is 1.68. The third-order valence-electron chi connectivity index (χ3n) is 6.09. The maximum atomic E-state index is 12.5. The Hall–Kier alpha value is -3.38. The van der Waals surface area contributed by atoms with E-state index in [4.69, 9.17) is 0 Å². The summed E-state index contributed by atoms with van der Waals surface area (Å²) < 4.78 is 0. The SMILES string of the molecule is Cc1ccc(/C=N\NC(=O)c2ccc([C@@H]3SCC(=O)N3Cc3ccccc3)cc2)c(C)c1C. The van der Waals surface area contributed by atoms with Crippen molar-refractivity contribution < 1.29 is 9.59 Å². The summed E-state index contributed by atoms with van der Waals surface area (Å²) in [5.41, 5.74) is 9.84. The summed E-state index contributed by atoms with van der Waals surface area (Å²) in [6.45, 7) is 6.79. The molecule has 1 aliphatic heterocycles. The highest BCUT2D eigenvalue weighted by Gasteiger charge is 2.32. The second-order valence-electron chi connectivity index (χ2n) is 8.21. The zero-order valence-corrected chi connectivity index (χ0v) is 19.9. The monoisotopic (exact) mass is 457 g/mol. The number of hydrogen-bond donors (Lipinski definition) is 1. The Morgan fingerprint density at radius 2 is 1.76 bits per heavy atom. The first-order chi connectivity index (χ1) is 15.9. The highest BCUT2D eigenvalue weighted by Crippen LogP contribution is 2.39. The van der Waals surface area contributed by atoms with Gasteiger partial charge in [-0.15, -0.1) is 11.8 Å². The first-order valence-electron chi connectivity index (χ1n) is 10.9. The maximum absolute atomic E-state index is 12.5.